The van der Waals surface area contributed by atoms with Crippen molar-refractivity contribution in [2.24, 2.45) is 0 Å². The molecular formula is C16H28N4O. The van der Waals surface area contributed by atoms with Crippen LogP contribution in [0.25, 0.3) is 0 Å². The topological polar surface area (TPSA) is 33.5 Å². The van der Waals surface area contributed by atoms with Gasteiger partial charge in [-0.3, -0.25) is 9.80 Å². The molecule has 2 atom stereocenters. The van der Waals surface area contributed by atoms with Gasteiger partial charge in [-0.15, -0.1) is 0 Å². The minimum absolute atomic E-state index is 0.390. The summed E-state index contributed by atoms with van der Waals surface area (Å²) >= 11 is 0. The van der Waals surface area contributed by atoms with Gasteiger partial charge in [-0.05, 0) is 33.2 Å². The van der Waals surface area contributed by atoms with E-state index in [-0.39, 0.29) is 0 Å². The van der Waals surface area contributed by atoms with E-state index in [1.165, 1.54) is 32.5 Å². The molecule has 21 heavy (non-hydrogen) atoms. The first-order chi connectivity index (χ1) is 10.2. The Morgan fingerprint density at radius 3 is 3.00 bits per heavy atom. The maximum atomic E-state index is 5.62. The summed E-state index contributed by atoms with van der Waals surface area (Å²) in [6.45, 7) is 12.0. The number of likely N-dealkylation sites (tertiary alicyclic amines) is 1. The van der Waals surface area contributed by atoms with E-state index < -0.39 is 0 Å². The second kappa shape index (κ2) is 6.90. The van der Waals surface area contributed by atoms with Gasteiger partial charge >= 0.3 is 0 Å². The van der Waals surface area contributed by atoms with Gasteiger partial charge < -0.3 is 9.30 Å². The summed E-state index contributed by atoms with van der Waals surface area (Å²) in [6.07, 6.45) is 7.05. The van der Waals surface area contributed by atoms with Crippen LogP contribution >= 0.6 is 0 Å². The molecule has 1 aromatic heterocycles. The first-order valence-corrected chi connectivity index (χ1v) is 8.28. The van der Waals surface area contributed by atoms with Gasteiger partial charge in [0.1, 0.15) is 5.82 Å². The average molecular weight is 292 g/mol. The molecule has 0 bridgehead atoms. The molecule has 0 aliphatic carbocycles. The number of imidazole rings is 1. The Morgan fingerprint density at radius 2 is 2.24 bits per heavy atom. The molecule has 0 spiro atoms. The molecule has 0 amide bonds. The molecule has 5 heteroatoms. The van der Waals surface area contributed by atoms with Crippen LogP contribution in [-0.2, 0) is 11.3 Å². The summed E-state index contributed by atoms with van der Waals surface area (Å²) in [5.41, 5.74) is 0. The van der Waals surface area contributed by atoms with Crippen LogP contribution in [0.4, 0.5) is 0 Å². The minimum atomic E-state index is 0.390. The highest BCUT2D eigenvalue weighted by Gasteiger charge is 2.26. The van der Waals surface area contributed by atoms with Crippen molar-refractivity contribution in [1.82, 2.24) is 19.4 Å². The molecule has 3 heterocycles. The van der Waals surface area contributed by atoms with Crippen molar-refractivity contribution < 1.29 is 4.74 Å². The number of aromatic nitrogens is 2. The maximum absolute atomic E-state index is 5.62. The Morgan fingerprint density at radius 1 is 1.33 bits per heavy atom. The normalized spacial score (nSPS) is 28.3. The summed E-state index contributed by atoms with van der Waals surface area (Å²) < 4.78 is 7.91. The van der Waals surface area contributed by atoms with Crippen molar-refractivity contribution in [1.29, 1.82) is 0 Å². The average Bonchev–Trinajstić information content (AvgIpc) is 3.07. The molecule has 1 aromatic rings. The van der Waals surface area contributed by atoms with Gasteiger partial charge in [0.15, 0.2) is 0 Å². The van der Waals surface area contributed by atoms with Crippen LogP contribution < -0.4 is 0 Å². The van der Waals surface area contributed by atoms with Gasteiger partial charge in [-0.1, -0.05) is 0 Å². The number of morpholine rings is 1. The van der Waals surface area contributed by atoms with E-state index in [0.717, 1.165) is 32.1 Å². The molecule has 118 valence electrons. The second-order valence-electron chi connectivity index (χ2n) is 6.44. The Kier molecular flexibility index (Phi) is 4.93. The van der Waals surface area contributed by atoms with Crippen LogP contribution in [0.3, 0.4) is 0 Å². The monoisotopic (exact) mass is 292 g/mol. The van der Waals surface area contributed by atoms with Crippen LogP contribution in [0.15, 0.2) is 12.4 Å². The molecular weight excluding hydrogens is 264 g/mol. The second-order valence-corrected chi connectivity index (χ2v) is 6.44. The van der Waals surface area contributed by atoms with Gasteiger partial charge in [-0.25, -0.2) is 4.98 Å². The molecule has 2 aliphatic heterocycles. The van der Waals surface area contributed by atoms with E-state index in [1.807, 2.05) is 6.20 Å². The Balaban J connectivity index is 1.49. The molecule has 0 radical (unpaired) electrons. The third kappa shape index (κ3) is 3.84. The van der Waals surface area contributed by atoms with Crippen LogP contribution in [0.1, 0.15) is 25.6 Å². The summed E-state index contributed by atoms with van der Waals surface area (Å²) in [4.78, 5) is 9.55. The van der Waals surface area contributed by atoms with Crippen molar-refractivity contribution in [3.63, 3.8) is 0 Å². The Labute approximate surface area is 127 Å². The zero-order valence-electron chi connectivity index (χ0n) is 13.4. The van der Waals surface area contributed by atoms with Crippen molar-refractivity contribution in [2.45, 2.75) is 45.4 Å². The molecule has 3 rings (SSSR count). The smallest absolute Gasteiger partial charge is 0.105 e. The lowest BCUT2D eigenvalue weighted by Gasteiger charge is -2.33. The fourth-order valence-electron chi connectivity index (χ4n) is 3.58. The van der Waals surface area contributed by atoms with Crippen molar-refractivity contribution >= 4 is 0 Å². The number of hydrogen-bond donors (Lipinski definition) is 0. The first kappa shape index (κ1) is 15.0. The summed E-state index contributed by atoms with van der Waals surface area (Å²) in [5, 5.41) is 0. The molecule has 2 fully saturated rings. The number of rotatable bonds is 5. The zero-order valence-corrected chi connectivity index (χ0v) is 13.4. The van der Waals surface area contributed by atoms with Crippen molar-refractivity contribution in [2.75, 3.05) is 39.3 Å². The molecule has 0 saturated carbocycles. The van der Waals surface area contributed by atoms with E-state index in [0.29, 0.717) is 12.1 Å². The molecule has 2 saturated heterocycles. The molecule has 0 N–H and O–H groups in total. The van der Waals surface area contributed by atoms with Crippen LogP contribution in [0, 0.1) is 6.92 Å². The SMILES string of the molecule is Cc1nccn1C[C@@H]1CCCN1CCN1CCO[C@@H](C)C1. The van der Waals surface area contributed by atoms with Crippen LogP contribution in [0.2, 0.25) is 0 Å². The van der Waals surface area contributed by atoms with E-state index >= 15 is 0 Å². The van der Waals surface area contributed by atoms with E-state index in [1.54, 1.807) is 0 Å². The highest BCUT2D eigenvalue weighted by atomic mass is 16.5. The van der Waals surface area contributed by atoms with Gasteiger partial charge in [0.05, 0.1) is 12.7 Å². The molecule has 0 unspecified atom stereocenters. The first-order valence-electron chi connectivity index (χ1n) is 8.28. The fourth-order valence-corrected chi connectivity index (χ4v) is 3.58. The summed E-state index contributed by atoms with van der Waals surface area (Å²) in [5.74, 6) is 1.13. The fraction of sp³-hybridized carbons (Fsp3) is 0.812. The number of nitrogens with zero attached hydrogens (tertiary/aromatic N) is 4. The summed E-state index contributed by atoms with van der Waals surface area (Å²) in [6, 6.07) is 0.677. The lowest BCUT2D eigenvalue weighted by atomic mass is 10.2. The molecule has 5 nitrogen and oxygen atoms in total. The third-order valence-corrected chi connectivity index (χ3v) is 4.86. The zero-order chi connectivity index (χ0) is 14.7. The number of ether oxygens (including phenoxy) is 1. The highest BCUT2D eigenvalue weighted by Crippen LogP contribution is 2.19. The Bertz CT molecular complexity index is 447. The predicted molar refractivity (Wildman–Crippen MR) is 83.4 cm³/mol. The van der Waals surface area contributed by atoms with Crippen LogP contribution in [-0.4, -0.2) is 70.8 Å². The Hall–Kier alpha value is -0.910. The van der Waals surface area contributed by atoms with Crippen molar-refractivity contribution in [3.05, 3.63) is 18.2 Å². The lowest BCUT2D eigenvalue weighted by Crippen LogP contribution is -2.45. The number of hydrogen-bond acceptors (Lipinski definition) is 4. The largest absolute Gasteiger partial charge is 0.376 e. The highest BCUT2D eigenvalue weighted by molar-refractivity contribution is 4.91. The van der Waals surface area contributed by atoms with Gasteiger partial charge in [0.2, 0.25) is 0 Å². The lowest BCUT2D eigenvalue weighted by molar-refractivity contribution is -0.0210. The standard InChI is InChI=1S/C16H28N4O/c1-14-12-18(10-11-21-14)8-9-19-6-3-4-16(19)13-20-7-5-17-15(20)2/h5,7,14,16H,3-4,6,8-13H2,1-2H3/t14-,16-/m0/s1. The van der Waals surface area contributed by atoms with E-state index in [2.05, 4.69) is 39.4 Å². The predicted octanol–water partition coefficient (Wildman–Crippen LogP) is 1.38. The van der Waals surface area contributed by atoms with Gasteiger partial charge in [-0.2, -0.15) is 0 Å². The minimum Gasteiger partial charge on any atom is -0.376 e. The quantitative estimate of drug-likeness (QED) is 0.821. The van der Waals surface area contributed by atoms with E-state index in [9.17, 15) is 0 Å². The van der Waals surface area contributed by atoms with Crippen LogP contribution in [0.5, 0.6) is 0 Å². The maximum Gasteiger partial charge on any atom is 0.105 e. The molecule has 0 aromatic carbocycles. The van der Waals surface area contributed by atoms with E-state index in [4.69, 9.17) is 4.74 Å². The van der Waals surface area contributed by atoms with Gasteiger partial charge in [0, 0.05) is 51.2 Å². The van der Waals surface area contributed by atoms with Gasteiger partial charge in [0.25, 0.3) is 0 Å². The summed E-state index contributed by atoms with van der Waals surface area (Å²) in [7, 11) is 0. The third-order valence-electron chi connectivity index (χ3n) is 4.86. The molecule has 2 aliphatic rings. The number of aryl methyl sites for hydroxylation is 1. The van der Waals surface area contributed by atoms with Crippen molar-refractivity contribution in [3.8, 4) is 0 Å².